The zero-order valence-corrected chi connectivity index (χ0v) is 13.2. The summed E-state index contributed by atoms with van der Waals surface area (Å²) in [4.78, 5) is 11.3. The molecule has 1 aliphatic carbocycles. The summed E-state index contributed by atoms with van der Waals surface area (Å²) < 4.78 is 45.9. The van der Waals surface area contributed by atoms with Gasteiger partial charge in [0.1, 0.15) is 5.82 Å². The van der Waals surface area contributed by atoms with Gasteiger partial charge in [-0.25, -0.2) is 12.8 Å². The topological polar surface area (TPSA) is 92.7 Å². The fourth-order valence-corrected chi connectivity index (χ4v) is 4.25. The van der Waals surface area contributed by atoms with Crippen LogP contribution in [0.25, 0.3) is 0 Å². The number of rotatable bonds is 6. The van der Waals surface area contributed by atoms with Crippen molar-refractivity contribution in [2.45, 2.75) is 37.2 Å². The molecule has 23 heavy (non-hydrogen) atoms. The van der Waals surface area contributed by atoms with Crippen LogP contribution in [0.15, 0.2) is 18.2 Å². The number of aliphatic carboxylic acids is 1. The molecule has 1 saturated heterocycles. The molecule has 1 heterocycles. The molecule has 0 spiro atoms. The van der Waals surface area contributed by atoms with E-state index in [0.29, 0.717) is 25.9 Å². The average molecular weight is 343 g/mol. The Morgan fingerprint density at radius 2 is 2.17 bits per heavy atom. The highest BCUT2D eigenvalue weighted by Crippen LogP contribution is 2.49. The molecule has 1 aliphatic heterocycles. The number of carboxylic acids is 1. The summed E-state index contributed by atoms with van der Waals surface area (Å²) in [6, 6.07) is 3.78. The highest BCUT2D eigenvalue weighted by atomic mass is 32.2. The first kappa shape index (κ1) is 16.2. The van der Waals surface area contributed by atoms with E-state index in [0.717, 1.165) is 12.5 Å². The molecule has 2 aliphatic rings. The van der Waals surface area contributed by atoms with Crippen LogP contribution in [-0.4, -0.2) is 38.0 Å². The van der Waals surface area contributed by atoms with E-state index in [4.69, 9.17) is 4.74 Å². The van der Waals surface area contributed by atoms with Crippen LogP contribution in [0.5, 0.6) is 0 Å². The van der Waals surface area contributed by atoms with Crippen molar-refractivity contribution >= 4 is 21.7 Å². The number of hydrogen-bond acceptors (Lipinski definition) is 4. The van der Waals surface area contributed by atoms with Gasteiger partial charge in [0.2, 0.25) is 10.0 Å². The minimum Gasteiger partial charge on any atom is -0.481 e. The van der Waals surface area contributed by atoms with Crippen molar-refractivity contribution in [3.05, 3.63) is 29.6 Å². The van der Waals surface area contributed by atoms with Crippen molar-refractivity contribution < 1.29 is 27.4 Å². The van der Waals surface area contributed by atoms with Crippen LogP contribution in [0.4, 0.5) is 10.1 Å². The summed E-state index contributed by atoms with van der Waals surface area (Å²) in [7, 11) is -3.64. The fraction of sp³-hybridized carbons (Fsp3) is 0.533. The van der Waals surface area contributed by atoms with E-state index in [1.54, 1.807) is 0 Å². The SMILES string of the molecule is O=C(O)C1(c2ccc(NS(=O)(=O)CC3CCCO3)cc2F)CC1. The number of carboxylic acid groups (broad SMARTS) is 1. The van der Waals surface area contributed by atoms with Crippen molar-refractivity contribution in [1.82, 2.24) is 0 Å². The zero-order chi connectivity index (χ0) is 16.7. The van der Waals surface area contributed by atoms with Crippen LogP contribution >= 0.6 is 0 Å². The van der Waals surface area contributed by atoms with Crippen molar-refractivity contribution in [2.75, 3.05) is 17.1 Å². The Labute approximate surface area is 133 Å². The number of carbonyl (C=O) groups is 1. The Kier molecular flexibility index (Phi) is 4.05. The zero-order valence-electron chi connectivity index (χ0n) is 12.4. The Morgan fingerprint density at radius 1 is 1.43 bits per heavy atom. The quantitative estimate of drug-likeness (QED) is 0.822. The molecule has 6 nitrogen and oxygen atoms in total. The number of benzene rings is 1. The van der Waals surface area contributed by atoms with Gasteiger partial charge in [-0.3, -0.25) is 9.52 Å². The summed E-state index contributed by atoms with van der Waals surface area (Å²) in [5.41, 5.74) is -0.961. The lowest BCUT2D eigenvalue weighted by atomic mass is 9.95. The first-order valence-electron chi connectivity index (χ1n) is 7.48. The Balaban J connectivity index is 1.74. The van der Waals surface area contributed by atoms with Gasteiger partial charge in [0.05, 0.1) is 23.0 Å². The lowest BCUT2D eigenvalue weighted by Gasteiger charge is -2.15. The van der Waals surface area contributed by atoms with E-state index in [2.05, 4.69) is 4.72 Å². The molecule has 1 unspecified atom stereocenters. The minimum atomic E-state index is -3.64. The standard InChI is InChI=1S/C15H18FNO5S/c16-13-8-10(3-4-12(13)15(5-6-15)14(18)19)17-23(20,21)9-11-2-1-7-22-11/h3-4,8,11,17H,1-2,5-7,9H2,(H,18,19). The van der Waals surface area contributed by atoms with E-state index in [9.17, 15) is 22.7 Å². The number of ether oxygens (including phenoxy) is 1. The van der Waals surface area contributed by atoms with Crippen molar-refractivity contribution in [3.63, 3.8) is 0 Å². The molecule has 0 amide bonds. The lowest BCUT2D eigenvalue weighted by molar-refractivity contribution is -0.140. The van der Waals surface area contributed by atoms with Gasteiger partial charge in [-0.05, 0) is 37.8 Å². The molecule has 8 heteroatoms. The Bertz CT molecular complexity index is 723. The summed E-state index contributed by atoms with van der Waals surface area (Å²) in [6.07, 6.45) is 1.97. The first-order valence-corrected chi connectivity index (χ1v) is 9.13. The smallest absolute Gasteiger partial charge is 0.314 e. The number of halogens is 1. The third kappa shape index (κ3) is 3.32. The molecule has 1 atom stereocenters. The summed E-state index contributed by atoms with van der Waals surface area (Å²) in [5.74, 6) is -1.93. The molecule has 0 radical (unpaired) electrons. The van der Waals surface area contributed by atoms with Crippen LogP contribution in [-0.2, 0) is 25.0 Å². The van der Waals surface area contributed by atoms with Crippen molar-refractivity contribution in [1.29, 1.82) is 0 Å². The second-order valence-electron chi connectivity index (χ2n) is 6.10. The van der Waals surface area contributed by atoms with Crippen molar-refractivity contribution in [3.8, 4) is 0 Å². The predicted octanol–water partition coefficient (Wildman–Crippen LogP) is 1.86. The van der Waals surface area contributed by atoms with Gasteiger partial charge >= 0.3 is 5.97 Å². The third-order valence-corrected chi connectivity index (χ3v) is 5.70. The Morgan fingerprint density at radius 3 is 2.70 bits per heavy atom. The van der Waals surface area contributed by atoms with Crippen molar-refractivity contribution in [2.24, 2.45) is 0 Å². The highest BCUT2D eigenvalue weighted by Gasteiger charge is 2.53. The van der Waals surface area contributed by atoms with E-state index < -0.39 is 27.2 Å². The number of anilines is 1. The monoisotopic (exact) mass is 343 g/mol. The van der Waals surface area contributed by atoms with Crippen LogP contribution in [0.1, 0.15) is 31.2 Å². The molecule has 2 N–H and O–H groups in total. The first-order chi connectivity index (χ1) is 10.8. The largest absolute Gasteiger partial charge is 0.481 e. The molecular weight excluding hydrogens is 325 g/mol. The van der Waals surface area contributed by atoms with E-state index in [1.165, 1.54) is 12.1 Å². The molecule has 0 bridgehead atoms. The summed E-state index contributed by atoms with van der Waals surface area (Å²) in [6.45, 7) is 0.556. The number of sulfonamides is 1. The number of hydrogen-bond donors (Lipinski definition) is 2. The second-order valence-corrected chi connectivity index (χ2v) is 7.87. The fourth-order valence-electron chi connectivity index (χ4n) is 2.93. The van der Waals surface area contributed by atoms with Gasteiger partial charge in [0, 0.05) is 12.2 Å². The van der Waals surface area contributed by atoms with E-state index in [1.807, 2.05) is 0 Å². The molecule has 3 rings (SSSR count). The molecule has 126 valence electrons. The summed E-state index contributed by atoms with van der Waals surface area (Å²) in [5, 5.41) is 9.20. The van der Waals surface area contributed by atoms with Crippen LogP contribution in [0, 0.1) is 5.82 Å². The average Bonchev–Trinajstić information content (AvgIpc) is 3.10. The van der Waals surface area contributed by atoms with E-state index in [-0.39, 0.29) is 23.1 Å². The maximum atomic E-state index is 14.2. The summed E-state index contributed by atoms with van der Waals surface area (Å²) >= 11 is 0. The van der Waals surface area contributed by atoms with Crippen LogP contribution in [0.3, 0.4) is 0 Å². The maximum absolute atomic E-state index is 14.2. The van der Waals surface area contributed by atoms with Gasteiger partial charge in [-0.15, -0.1) is 0 Å². The molecule has 1 aromatic rings. The minimum absolute atomic E-state index is 0.0884. The molecule has 1 aromatic carbocycles. The van der Waals surface area contributed by atoms with Crippen LogP contribution < -0.4 is 4.72 Å². The maximum Gasteiger partial charge on any atom is 0.314 e. The third-order valence-electron chi connectivity index (χ3n) is 4.35. The van der Waals surface area contributed by atoms with Gasteiger partial charge in [-0.1, -0.05) is 6.07 Å². The predicted molar refractivity (Wildman–Crippen MR) is 81.3 cm³/mol. The van der Waals surface area contributed by atoms with Gasteiger partial charge in [0.15, 0.2) is 0 Å². The molecule has 1 saturated carbocycles. The molecule has 0 aromatic heterocycles. The second kappa shape index (κ2) is 5.76. The molecule has 2 fully saturated rings. The van der Waals surface area contributed by atoms with Gasteiger partial charge in [-0.2, -0.15) is 0 Å². The van der Waals surface area contributed by atoms with Gasteiger partial charge in [0.25, 0.3) is 0 Å². The van der Waals surface area contributed by atoms with Gasteiger partial charge < -0.3 is 9.84 Å². The lowest BCUT2D eigenvalue weighted by Crippen LogP contribution is -2.26. The van der Waals surface area contributed by atoms with E-state index >= 15 is 0 Å². The normalized spacial score (nSPS) is 22.7. The molecular formula is C15H18FNO5S. The Hall–Kier alpha value is -1.67. The number of nitrogens with one attached hydrogen (secondary N) is 1. The van der Waals surface area contributed by atoms with Crippen LogP contribution in [0.2, 0.25) is 0 Å². The highest BCUT2D eigenvalue weighted by molar-refractivity contribution is 7.92.